The smallest absolute Gasteiger partial charge is 0.309 e. The van der Waals surface area contributed by atoms with Crippen molar-refractivity contribution in [2.24, 2.45) is 5.92 Å². The van der Waals surface area contributed by atoms with Crippen molar-refractivity contribution >= 4 is 5.97 Å². The fourth-order valence-corrected chi connectivity index (χ4v) is 2.11. The second-order valence-corrected chi connectivity index (χ2v) is 5.66. The van der Waals surface area contributed by atoms with Gasteiger partial charge in [-0.2, -0.15) is 0 Å². The molecule has 18 heavy (non-hydrogen) atoms. The van der Waals surface area contributed by atoms with Gasteiger partial charge >= 0.3 is 5.97 Å². The van der Waals surface area contributed by atoms with Crippen molar-refractivity contribution in [2.75, 3.05) is 13.2 Å². The Bertz CT molecular complexity index is 264. The summed E-state index contributed by atoms with van der Waals surface area (Å²) < 4.78 is 5.31. The topological polar surface area (TPSA) is 29.5 Å². The number of carbonyl (C=O) groups excluding carboxylic acids is 1. The number of carbonyl (C=O) groups is 1. The molecule has 106 valence electrons. The predicted octanol–water partition coefficient (Wildman–Crippen LogP) is 3.25. The zero-order valence-corrected chi connectivity index (χ0v) is 12.8. The number of rotatable bonds is 8. The van der Waals surface area contributed by atoms with Crippen molar-refractivity contribution in [3.8, 4) is 0 Å². The molecule has 0 aromatic heterocycles. The Morgan fingerprint density at radius 1 is 1.17 bits per heavy atom. The van der Waals surface area contributed by atoms with Crippen LogP contribution in [0.1, 0.15) is 48.0 Å². The van der Waals surface area contributed by atoms with Gasteiger partial charge in [-0.3, -0.25) is 9.69 Å². The van der Waals surface area contributed by atoms with E-state index in [1.807, 2.05) is 13.8 Å². The first-order chi connectivity index (χ1) is 8.25. The van der Waals surface area contributed by atoms with Crippen LogP contribution in [-0.4, -0.2) is 36.1 Å². The quantitative estimate of drug-likeness (QED) is 0.492. The molecule has 0 aliphatic carbocycles. The molecule has 3 heteroatoms. The lowest BCUT2D eigenvalue weighted by Crippen LogP contribution is -2.39. The third kappa shape index (κ3) is 6.80. The van der Waals surface area contributed by atoms with Crippen LogP contribution in [0.4, 0.5) is 0 Å². The monoisotopic (exact) mass is 255 g/mol. The summed E-state index contributed by atoms with van der Waals surface area (Å²) in [5.41, 5.74) is 1.02. The number of hydrogen-bond donors (Lipinski definition) is 0. The summed E-state index contributed by atoms with van der Waals surface area (Å²) in [6, 6.07) is 0.938. The van der Waals surface area contributed by atoms with Crippen LogP contribution in [0.15, 0.2) is 12.2 Å². The summed E-state index contributed by atoms with van der Waals surface area (Å²) in [6.45, 7) is 17.5. The van der Waals surface area contributed by atoms with Crippen LogP contribution in [-0.2, 0) is 9.53 Å². The van der Waals surface area contributed by atoms with Gasteiger partial charge in [0.1, 0.15) is 6.61 Å². The number of nitrogens with zero attached hydrogens (tertiary/aromatic N) is 1. The van der Waals surface area contributed by atoms with Gasteiger partial charge in [0.05, 0.1) is 5.92 Å². The molecule has 0 bridgehead atoms. The van der Waals surface area contributed by atoms with Gasteiger partial charge in [0, 0.05) is 18.6 Å². The van der Waals surface area contributed by atoms with Gasteiger partial charge in [0.2, 0.25) is 0 Å². The second-order valence-electron chi connectivity index (χ2n) is 5.66. The zero-order valence-electron chi connectivity index (χ0n) is 12.8. The number of ether oxygens (including phenoxy) is 1. The molecule has 0 aliphatic rings. The molecule has 0 rings (SSSR count). The van der Waals surface area contributed by atoms with Crippen LogP contribution < -0.4 is 0 Å². The molecule has 0 saturated heterocycles. The van der Waals surface area contributed by atoms with E-state index < -0.39 is 0 Å². The molecule has 0 saturated carbocycles. The highest BCUT2D eigenvalue weighted by Gasteiger charge is 2.17. The Labute approximate surface area is 112 Å². The summed E-state index contributed by atoms with van der Waals surface area (Å²) in [5, 5.41) is 0. The van der Waals surface area contributed by atoms with E-state index in [4.69, 9.17) is 4.74 Å². The largest absolute Gasteiger partial charge is 0.464 e. The molecule has 0 aromatic carbocycles. The first-order valence-electron chi connectivity index (χ1n) is 6.82. The maximum absolute atomic E-state index is 11.7. The molecule has 0 aliphatic heterocycles. The average Bonchev–Trinajstić information content (AvgIpc) is 2.21. The van der Waals surface area contributed by atoms with E-state index in [0.717, 1.165) is 12.1 Å². The molecule has 0 fully saturated rings. The summed E-state index contributed by atoms with van der Waals surface area (Å²) in [6.07, 6.45) is 0.705. The molecular formula is C15H29NO2. The van der Waals surface area contributed by atoms with Crippen molar-refractivity contribution in [2.45, 2.75) is 60.0 Å². The zero-order chi connectivity index (χ0) is 14.3. The van der Waals surface area contributed by atoms with Crippen molar-refractivity contribution in [3.63, 3.8) is 0 Å². The molecule has 0 heterocycles. The van der Waals surface area contributed by atoms with Crippen molar-refractivity contribution < 1.29 is 9.53 Å². The lowest BCUT2D eigenvalue weighted by molar-refractivity contribution is -0.148. The summed E-state index contributed by atoms with van der Waals surface area (Å²) >= 11 is 0. The predicted molar refractivity (Wildman–Crippen MR) is 76.5 cm³/mol. The first-order valence-corrected chi connectivity index (χ1v) is 6.82. The Kier molecular flexibility index (Phi) is 7.92. The Morgan fingerprint density at radius 3 is 2.06 bits per heavy atom. The highest BCUT2D eigenvalue weighted by Crippen LogP contribution is 2.11. The third-order valence-corrected chi connectivity index (χ3v) is 2.98. The van der Waals surface area contributed by atoms with E-state index in [9.17, 15) is 4.79 Å². The SMILES string of the molecule is C=C(C)CC(C)C(=O)OCCN(C(C)C)C(C)C. The highest BCUT2D eigenvalue weighted by atomic mass is 16.5. The number of hydrogen-bond acceptors (Lipinski definition) is 3. The van der Waals surface area contributed by atoms with Crippen LogP contribution in [0.3, 0.4) is 0 Å². The molecule has 0 amide bonds. The molecule has 0 N–H and O–H groups in total. The van der Waals surface area contributed by atoms with Gasteiger partial charge in [-0.15, -0.1) is 6.58 Å². The lowest BCUT2D eigenvalue weighted by Gasteiger charge is -2.30. The summed E-state index contributed by atoms with van der Waals surface area (Å²) in [5.74, 6) is -0.209. The van der Waals surface area contributed by atoms with Crippen LogP contribution in [0.25, 0.3) is 0 Å². The Balaban J connectivity index is 4.02. The van der Waals surface area contributed by atoms with Gasteiger partial charge in [0.25, 0.3) is 0 Å². The van der Waals surface area contributed by atoms with E-state index in [1.165, 1.54) is 0 Å². The van der Waals surface area contributed by atoms with Gasteiger partial charge in [-0.1, -0.05) is 12.5 Å². The van der Waals surface area contributed by atoms with Crippen molar-refractivity contribution in [3.05, 3.63) is 12.2 Å². The van der Waals surface area contributed by atoms with Gasteiger partial charge in [0.15, 0.2) is 0 Å². The van der Waals surface area contributed by atoms with Crippen LogP contribution in [0.2, 0.25) is 0 Å². The van der Waals surface area contributed by atoms with Gasteiger partial charge in [-0.05, 0) is 41.0 Å². The van der Waals surface area contributed by atoms with Crippen molar-refractivity contribution in [1.29, 1.82) is 0 Å². The highest BCUT2D eigenvalue weighted by molar-refractivity contribution is 5.72. The van der Waals surface area contributed by atoms with Crippen LogP contribution >= 0.6 is 0 Å². The minimum atomic E-state index is -0.120. The molecular weight excluding hydrogens is 226 g/mol. The molecule has 3 nitrogen and oxygen atoms in total. The molecule has 1 unspecified atom stereocenters. The van der Waals surface area contributed by atoms with E-state index in [2.05, 4.69) is 39.2 Å². The standard InChI is InChI=1S/C15H29NO2/c1-11(2)10-14(7)15(17)18-9-8-16(12(3)4)13(5)6/h12-14H,1,8-10H2,2-7H3. The number of esters is 1. The fraction of sp³-hybridized carbons (Fsp3) is 0.800. The minimum absolute atomic E-state index is 0.0888. The third-order valence-electron chi connectivity index (χ3n) is 2.98. The van der Waals surface area contributed by atoms with E-state index in [-0.39, 0.29) is 11.9 Å². The maximum Gasteiger partial charge on any atom is 0.309 e. The normalized spacial score (nSPS) is 13.2. The lowest BCUT2D eigenvalue weighted by atomic mass is 10.0. The van der Waals surface area contributed by atoms with Gasteiger partial charge in [-0.25, -0.2) is 0 Å². The Morgan fingerprint density at radius 2 is 1.67 bits per heavy atom. The van der Waals surface area contributed by atoms with E-state index in [1.54, 1.807) is 0 Å². The fourth-order valence-electron chi connectivity index (χ4n) is 2.11. The summed E-state index contributed by atoms with van der Waals surface area (Å²) in [7, 11) is 0. The first kappa shape index (κ1) is 17.2. The van der Waals surface area contributed by atoms with Crippen molar-refractivity contribution in [1.82, 2.24) is 4.90 Å². The van der Waals surface area contributed by atoms with E-state index >= 15 is 0 Å². The van der Waals surface area contributed by atoms with Crippen LogP contribution in [0.5, 0.6) is 0 Å². The number of allylic oxidation sites excluding steroid dienone is 1. The van der Waals surface area contributed by atoms with Gasteiger partial charge < -0.3 is 4.74 Å². The average molecular weight is 255 g/mol. The molecule has 1 atom stereocenters. The minimum Gasteiger partial charge on any atom is -0.464 e. The molecule has 0 aromatic rings. The molecule has 0 spiro atoms. The maximum atomic E-state index is 11.7. The molecule has 0 radical (unpaired) electrons. The Hall–Kier alpha value is -0.830. The van der Waals surface area contributed by atoms with E-state index in [0.29, 0.717) is 25.1 Å². The van der Waals surface area contributed by atoms with Crippen LogP contribution in [0, 0.1) is 5.92 Å². The second kappa shape index (κ2) is 8.30. The summed E-state index contributed by atoms with van der Waals surface area (Å²) in [4.78, 5) is 14.0.